The van der Waals surface area contributed by atoms with Gasteiger partial charge in [-0.05, 0) is 48.0 Å². The van der Waals surface area contributed by atoms with Gasteiger partial charge in [-0.3, -0.25) is 0 Å². The van der Waals surface area contributed by atoms with Gasteiger partial charge in [0, 0.05) is 12.5 Å². The Balaban J connectivity index is 2.31. The van der Waals surface area contributed by atoms with E-state index in [0.717, 1.165) is 47.1 Å². The van der Waals surface area contributed by atoms with Crippen molar-refractivity contribution in [2.24, 2.45) is 5.92 Å². The van der Waals surface area contributed by atoms with E-state index in [1.807, 2.05) is 0 Å². The normalized spacial score (nSPS) is 22.8. The molecule has 0 saturated heterocycles. The Morgan fingerprint density at radius 3 is 2.70 bits per heavy atom. The van der Waals surface area contributed by atoms with Crippen LogP contribution in [0.5, 0.6) is 0 Å². The smallest absolute Gasteiger partial charge is 0.144 e. The standard InChI is InChI=1S/C16H26BrN3/c1-4-7-13-14(17)16(18-5-2)20-15(19-13)12-9-6-8-11(3)10-12/h11-12H,4-10H2,1-3H3,(H,18,19,20). The Morgan fingerprint density at radius 2 is 2.05 bits per heavy atom. The highest BCUT2D eigenvalue weighted by Gasteiger charge is 2.24. The SMILES string of the molecule is CCCc1nc(C2CCCC(C)C2)nc(NCC)c1Br. The van der Waals surface area contributed by atoms with Crippen LogP contribution in [-0.4, -0.2) is 16.5 Å². The summed E-state index contributed by atoms with van der Waals surface area (Å²) in [6.07, 6.45) is 7.26. The molecule has 0 bridgehead atoms. The van der Waals surface area contributed by atoms with E-state index in [9.17, 15) is 0 Å². The maximum Gasteiger partial charge on any atom is 0.144 e. The zero-order valence-electron chi connectivity index (χ0n) is 12.9. The van der Waals surface area contributed by atoms with Crippen molar-refractivity contribution in [2.75, 3.05) is 11.9 Å². The van der Waals surface area contributed by atoms with E-state index in [2.05, 4.69) is 42.0 Å². The molecular weight excluding hydrogens is 314 g/mol. The summed E-state index contributed by atoms with van der Waals surface area (Å²) in [7, 11) is 0. The lowest BCUT2D eigenvalue weighted by molar-refractivity contribution is 0.335. The Kier molecular flexibility index (Phi) is 5.82. The van der Waals surface area contributed by atoms with Crippen LogP contribution in [0.2, 0.25) is 0 Å². The van der Waals surface area contributed by atoms with E-state index in [1.165, 1.54) is 25.7 Å². The molecule has 0 aliphatic heterocycles. The summed E-state index contributed by atoms with van der Waals surface area (Å²) >= 11 is 3.67. The quantitative estimate of drug-likeness (QED) is 0.827. The average Bonchev–Trinajstić information content (AvgIpc) is 2.43. The van der Waals surface area contributed by atoms with Crippen molar-refractivity contribution in [2.45, 2.75) is 65.2 Å². The fraction of sp³-hybridized carbons (Fsp3) is 0.750. The number of nitrogens with one attached hydrogen (secondary N) is 1. The first-order valence-corrected chi connectivity index (χ1v) is 8.75. The summed E-state index contributed by atoms with van der Waals surface area (Å²) in [5, 5.41) is 3.37. The second kappa shape index (κ2) is 7.39. The third-order valence-corrected chi connectivity index (χ3v) is 4.90. The lowest BCUT2D eigenvalue weighted by Gasteiger charge is -2.26. The molecule has 1 heterocycles. The van der Waals surface area contributed by atoms with Gasteiger partial charge in [0.15, 0.2) is 0 Å². The molecule has 1 saturated carbocycles. The first kappa shape index (κ1) is 15.7. The van der Waals surface area contributed by atoms with Gasteiger partial charge in [0.25, 0.3) is 0 Å². The molecule has 1 aliphatic rings. The van der Waals surface area contributed by atoms with Crippen molar-refractivity contribution in [3.63, 3.8) is 0 Å². The molecule has 0 amide bonds. The van der Waals surface area contributed by atoms with E-state index >= 15 is 0 Å². The number of rotatable bonds is 5. The molecule has 2 atom stereocenters. The molecule has 112 valence electrons. The van der Waals surface area contributed by atoms with E-state index in [1.54, 1.807) is 0 Å². The molecular formula is C16H26BrN3. The maximum atomic E-state index is 4.87. The van der Waals surface area contributed by atoms with Crippen molar-refractivity contribution in [3.8, 4) is 0 Å². The molecule has 2 unspecified atom stereocenters. The van der Waals surface area contributed by atoms with Crippen molar-refractivity contribution in [3.05, 3.63) is 16.0 Å². The van der Waals surface area contributed by atoms with Gasteiger partial charge in [0.1, 0.15) is 11.6 Å². The number of halogens is 1. The molecule has 1 aliphatic carbocycles. The summed E-state index contributed by atoms with van der Waals surface area (Å²) in [6.45, 7) is 7.55. The van der Waals surface area contributed by atoms with Gasteiger partial charge in [0.05, 0.1) is 10.2 Å². The minimum Gasteiger partial charge on any atom is -0.369 e. The zero-order chi connectivity index (χ0) is 14.5. The highest BCUT2D eigenvalue weighted by Crippen LogP contribution is 2.36. The average molecular weight is 340 g/mol. The van der Waals surface area contributed by atoms with Gasteiger partial charge < -0.3 is 5.32 Å². The van der Waals surface area contributed by atoms with Gasteiger partial charge >= 0.3 is 0 Å². The summed E-state index contributed by atoms with van der Waals surface area (Å²) in [5.41, 5.74) is 1.16. The number of hydrogen-bond donors (Lipinski definition) is 1. The molecule has 1 aromatic heterocycles. The topological polar surface area (TPSA) is 37.8 Å². The van der Waals surface area contributed by atoms with E-state index in [-0.39, 0.29) is 0 Å². The lowest BCUT2D eigenvalue weighted by atomic mass is 9.82. The molecule has 4 heteroatoms. The zero-order valence-corrected chi connectivity index (χ0v) is 14.5. The molecule has 3 nitrogen and oxygen atoms in total. The molecule has 1 fully saturated rings. The second-order valence-electron chi connectivity index (χ2n) is 5.94. The molecule has 0 aromatic carbocycles. The summed E-state index contributed by atoms with van der Waals surface area (Å²) in [6, 6.07) is 0. The van der Waals surface area contributed by atoms with Crippen molar-refractivity contribution in [1.82, 2.24) is 9.97 Å². The fourth-order valence-electron chi connectivity index (χ4n) is 3.05. The molecule has 2 rings (SSSR count). The molecule has 0 spiro atoms. The van der Waals surface area contributed by atoms with Crippen LogP contribution in [0.4, 0.5) is 5.82 Å². The number of aromatic nitrogens is 2. The number of anilines is 1. The molecule has 1 aromatic rings. The Labute approximate surface area is 131 Å². The van der Waals surface area contributed by atoms with Crippen molar-refractivity contribution in [1.29, 1.82) is 0 Å². The Morgan fingerprint density at radius 1 is 1.25 bits per heavy atom. The molecule has 20 heavy (non-hydrogen) atoms. The number of nitrogens with zero attached hydrogens (tertiary/aromatic N) is 2. The van der Waals surface area contributed by atoms with Crippen LogP contribution >= 0.6 is 15.9 Å². The first-order valence-electron chi connectivity index (χ1n) is 7.95. The van der Waals surface area contributed by atoms with Crippen molar-refractivity contribution >= 4 is 21.7 Å². The van der Waals surface area contributed by atoms with Gasteiger partial charge in [-0.2, -0.15) is 0 Å². The lowest BCUT2D eigenvalue weighted by Crippen LogP contribution is -2.16. The van der Waals surface area contributed by atoms with Crippen LogP contribution < -0.4 is 5.32 Å². The van der Waals surface area contributed by atoms with Crippen LogP contribution in [0.25, 0.3) is 0 Å². The van der Waals surface area contributed by atoms with Crippen LogP contribution in [0, 0.1) is 5.92 Å². The van der Waals surface area contributed by atoms with Gasteiger partial charge in [-0.25, -0.2) is 9.97 Å². The maximum absolute atomic E-state index is 4.87. The Hall–Kier alpha value is -0.640. The highest BCUT2D eigenvalue weighted by molar-refractivity contribution is 9.10. The minimum absolute atomic E-state index is 0.542. The number of hydrogen-bond acceptors (Lipinski definition) is 3. The van der Waals surface area contributed by atoms with Gasteiger partial charge in [-0.1, -0.05) is 33.1 Å². The van der Waals surface area contributed by atoms with Crippen LogP contribution in [0.1, 0.15) is 70.3 Å². The molecule has 0 radical (unpaired) electrons. The predicted octanol–water partition coefficient (Wildman–Crippen LogP) is 4.92. The molecule has 1 N–H and O–H groups in total. The first-order chi connectivity index (χ1) is 9.65. The third-order valence-electron chi connectivity index (χ3n) is 4.07. The predicted molar refractivity (Wildman–Crippen MR) is 88.3 cm³/mol. The fourth-order valence-corrected chi connectivity index (χ4v) is 3.57. The van der Waals surface area contributed by atoms with Gasteiger partial charge in [-0.15, -0.1) is 0 Å². The van der Waals surface area contributed by atoms with Crippen LogP contribution in [0.15, 0.2) is 4.47 Å². The van der Waals surface area contributed by atoms with Crippen LogP contribution in [0.3, 0.4) is 0 Å². The minimum atomic E-state index is 0.542. The third kappa shape index (κ3) is 3.72. The van der Waals surface area contributed by atoms with Gasteiger partial charge in [0.2, 0.25) is 0 Å². The second-order valence-corrected chi connectivity index (χ2v) is 6.73. The monoisotopic (exact) mass is 339 g/mol. The largest absolute Gasteiger partial charge is 0.369 e. The number of aryl methyl sites for hydroxylation is 1. The highest BCUT2D eigenvalue weighted by atomic mass is 79.9. The summed E-state index contributed by atoms with van der Waals surface area (Å²) in [5.74, 6) is 3.37. The van der Waals surface area contributed by atoms with E-state index in [0.29, 0.717) is 5.92 Å². The van der Waals surface area contributed by atoms with Crippen molar-refractivity contribution < 1.29 is 0 Å². The Bertz CT molecular complexity index is 420. The summed E-state index contributed by atoms with van der Waals surface area (Å²) in [4.78, 5) is 9.66. The van der Waals surface area contributed by atoms with E-state index < -0.39 is 0 Å². The van der Waals surface area contributed by atoms with E-state index in [4.69, 9.17) is 9.97 Å². The van der Waals surface area contributed by atoms with Crippen LogP contribution in [-0.2, 0) is 6.42 Å². The summed E-state index contributed by atoms with van der Waals surface area (Å²) < 4.78 is 1.05.